The Bertz CT molecular complexity index is 39.0. The van der Waals surface area contributed by atoms with Gasteiger partial charge in [0.15, 0.2) is 0 Å². The topological polar surface area (TPSA) is 71.9 Å². The molecule has 0 amide bonds. The molecule has 0 unspecified atom stereocenters. The van der Waals surface area contributed by atoms with Crippen LogP contribution >= 0.6 is 0 Å². The first-order chi connectivity index (χ1) is 2.41. The van der Waals surface area contributed by atoms with Gasteiger partial charge in [-0.15, -0.1) is 0 Å². The SMILES string of the molecule is [Cu+2].[O-2].[O]=[Cr][O][Cr]=[O]. The third-order valence-corrected chi connectivity index (χ3v) is 0.944. The van der Waals surface area contributed by atoms with Gasteiger partial charge in [-0.3, -0.25) is 0 Å². The zero-order valence-corrected chi connectivity index (χ0v) is 6.24. The van der Waals surface area contributed by atoms with E-state index in [0.29, 0.717) is 0 Å². The molecule has 7 heavy (non-hydrogen) atoms. The van der Waals surface area contributed by atoms with Crippen molar-refractivity contribution in [2.45, 2.75) is 0 Å². The summed E-state index contributed by atoms with van der Waals surface area (Å²) in [5.74, 6) is 0. The minimum atomic E-state index is -1.11. The van der Waals surface area contributed by atoms with Crippen molar-refractivity contribution in [3.63, 3.8) is 0 Å². The van der Waals surface area contributed by atoms with E-state index in [2.05, 4.69) is 2.84 Å². The van der Waals surface area contributed by atoms with Crippen LogP contribution in [0.3, 0.4) is 0 Å². The number of rotatable bonds is 2. The monoisotopic (exact) mass is 231 g/mol. The summed E-state index contributed by atoms with van der Waals surface area (Å²) in [5, 5.41) is 0. The molecule has 0 bridgehead atoms. The number of hydrogen-bond acceptors (Lipinski definition) is 3. The van der Waals surface area contributed by atoms with Crippen LogP contribution in [0.2, 0.25) is 0 Å². The van der Waals surface area contributed by atoms with Crippen molar-refractivity contribution in [3.8, 4) is 0 Å². The molecule has 0 saturated carbocycles. The molecule has 0 spiro atoms. The summed E-state index contributed by atoms with van der Waals surface area (Å²) in [4.78, 5) is 0. The fraction of sp³-hybridized carbons (Fsp3) is 0. The maximum absolute atomic E-state index is 9.19. The van der Waals surface area contributed by atoms with E-state index in [1.54, 1.807) is 0 Å². The summed E-state index contributed by atoms with van der Waals surface area (Å²) >= 11 is -2.22. The predicted octanol–water partition coefficient (Wildman–Crippen LogP) is -0.432. The van der Waals surface area contributed by atoms with Crippen LogP contribution in [0.1, 0.15) is 0 Å². The zero-order chi connectivity index (χ0) is 4.12. The summed E-state index contributed by atoms with van der Waals surface area (Å²) in [7, 11) is 0. The average Bonchev–Trinajstić information content (AvgIpc) is 1.41. The second-order valence-electron chi connectivity index (χ2n) is 0.204. The molecule has 0 heterocycles. The number of hydrogen-bond donors (Lipinski definition) is 0. The molecular weight excluding hydrogens is 232 g/mol. The van der Waals surface area contributed by atoms with Gasteiger partial charge in [-0.05, 0) is 0 Å². The molecular formula is Cr2CuO4. The Balaban J connectivity index is -0.0000000800. The maximum atomic E-state index is 9.19. The summed E-state index contributed by atoms with van der Waals surface area (Å²) in [6, 6.07) is 0. The first-order valence-corrected chi connectivity index (χ1v) is 2.75. The molecule has 0 aliphatic rings. The molecule has 0 aromatic carbocycles. The van der Waals surface area contributed by atoms with Crippen LogP contribution in [-0.2, 0) is 64.0 Å². The molecule has 0 aliphatic carbocycles. The summed E-state index contributed by atoms with van der Waals surface area (Å²) in [6.07, 6.45) is 0. The molecule has 0 aromatic rings. The van der Waals surface area contributed by atoms with Gasteiger partial charge >= 0.3 is 58.5 Å². The molecule has 0 fully saturated rings. The Labute approximate surface area is 63.9 Å². The predicted molar refractivity (Wildman–Crippen MR) is 3.14 cm³/mol. The molecule has 1 radical (unpaired) electrons. The van der Waals surface area contributed by atoms with E-state index in [1.807, 2.05) is 0 Å². The second-order valence-corrected chi connectivity index (χ2v) is 1.72. The molecule has 0 aromatic heterocycles. The van der Waals surface area contributed by atoms with E-state index in [9.17, 15) is 7.61 Å². The Morgan fingerprint density at radius 2 is 1.43 bits per heavy atom. The third-order valence-electron chi connectivity index (χ3n) is 0.0556. The molecule has 0 atom stereocenters. The van der Waals surface area contributed by atoms with Crippen molar-refractivity contribution in [2.75, 3.05) is 0 Å². The molecule has 47 valence electrons. The normalized spacial score (nSPS) is 4.57. The molecule has 0 N–H and O–H groups in total. The van der Waals surface area contributed by atoms with Crippen LogP contribution in [0.5, 0.6) is 0 Å². The van der Waals surface area contributed by atoms with E-state index in [1.165, 1.54) is 0 Å². The summed E-state index contributed by atoms with van der Waals surface area (Å²) in [5.41, 5.74) is 0. The van der Waals surface area contributed by atoms with Gasteiger partial charge in [0.05, 0.1) is 0 Å². The van der Waals surface area contributed by atoms with E-state index in [0.717, 1.165) is 0 Å². The Kier molecular flexibility index (Phi) is 35.2. The van der Waals surface area contributed by atoms with Crippen molar-refractivity contribution in [1.29, 1.82) is 0 Å². The Morgan fingerprint density at radius 3 is 1.43 bits per heavy atom. The second kappa shape index (κ2) is 15.7. The third kappa shape index (κ3) is 19.2. The molecule has 4 nitrogen and oxygen atoms in total. The first-order valence-electron chi connectivity index (χ1n) is 0.667. The van der Waals surface area contributed by atoms with E-state index in [-0.39, 0.29) is 22.5 Å². The van der Waals surface area contributed by atoms with Crippen LogP contribution < -0.4 is 0 Å². The fourth-order valence-electron chi connectivity index (χ4n) is 0.0113. The van der Waals surface area contributed by atoms with Gasteiger partial charge in [-0.2, -0.15) is 0 Å². The van der Waals surface area contributed by atoms with Gasteiger partial charge in [-0.25, -0.2) is 0 Å². The molecule has 0 rings (SSSR count). The molecule has 7 heteroatoms. The summed E-state index contributed by atoms with van der Waals surface area (Å²) in [6.45, 7) is 0. The van der Waals surface area contributed by atoms with Crippen LogP contribution in [0.15, 0.2) is 0 Å². The quantitative estimate of drug-likeness (QED) is 0.605. The van der Waals surface area contributed by atoms with Crippen molar-refractivity contribution in [3.05, 3.63) is 0 Å². The van der Waals surface area contributed by atoms with E-state index < -0.39 is 31.0 Å². The fourth-order valence-corrected chi connectivity index (χ4v) is 0.193. The Morgan fingerprint density at radius 1 is 1.14 bits per heavy atom. The Hall–Kier alpha value is 1.10. The van der Waals surface area contributed by atoms with Crippen LogP contribution in [0.4, 0.5) is 0 Å². The van der Waals surface area contributed by atoms with E-state index in [4.69, 9.17) is 0 Å². The van der Waals surface area contributed by atoms with Gasteiger partial charge in [0.1, 0.15) is 0 Å². The van der Waals surface area contributed by atoms with Gasteiger partial charge in [0.2, 0.25) is 0 Å². The van der Waals surface area contributed by atoms with Crippen LogP contribution in [-0.4, -0.2) is 0 Å². The standard InChI is InChI=1S/2Cr.Cu.4O/q;;+2;;;;-2. The molecule has 0 aliphatic heterocycles. The van der Waals surface area contributed by atoms with E-state index >= 15 is 0 Å². The van der Waals surface area contributed by atoms with Crippen molar-refractivity contribution in [1.82, 2.24) is 0 Å². The van der Waals surface area contributed by atoms with Crippen molar-refractivity contribution in [2.24, 2.45) is 0 Å². The van der Waals surface area contributed by atoms with Gasteiger partial charge < -0.3 is 5.48 Å². The molecule has 0 saturated heterocycles. The minimum absolute atomic E-state index is 0. The van der Waals surface area contributed by atoms with Crippen molar-refractivity contribution < 1.29 is 64.0 Å². The first kappa shape index (κ1) is 15.7. The van der Waals surface area contributed by atoms with Crippen LogP contribution in [0, 0.1) is 0 Å². The van der Waals surface area contributed by atoms with Gasteiger partial charge in [0.25, 0.3) is 0 Å². The zero-order valence-electron chi connectivity index (χ0n) is 2.75. The van der Waals surface area contributed by atoms with Crippen LogP contribution in [0.25, 0.3) is 0 Å². The van der Waals surface area contributed by atoms with Gasteiger partial charge in [-0.1, -0.05) is 0 Å². The average molecular weight is 232 g/mol. The summed E-state index contributed by atoms with van der Waals surface area (Å²) < 4.78 is 22.2. The van der Waals surface area contributed by atoms with Gasteiger partial charge in [0, 0.05) is 0 Å². The van der Waals surface area contributed by atoms with Crippen molar-refractivity contribution >= 4 is 0 Å².